The molecule has 0 spiro atoms. The molecule has 3 heteroatoms. The van der Waals surface area contributed by atoms with Gasteiger partial charge in [-0.25, -0.2) is 4.98 Å². The van der Waals surface area contributed by atoms with Crippen molar-refractivity contribution in [2.24, 2.45) is 5.92 Å². The number of nitrogens with one attached hydrogen (secondary N) is 1. The first-order valence-electron chi connectivity index (χ1n) is 11.7. The summed E-state index contributed by atoms with van der Waals surface area (Å²) in [6.07, 6.45) is 15.3. The first-order chi connectivity index (χ1) is 13.8. The largest absolute Gasteiger partial charge is 0.327 e. The average Bonchev–Trinajstić information content (AvgIpc) is 3.17. The van der Waals surface area contributed by atoms with Gasteiger partial charge in [0.25, 0.3) is 0 Å². The summed E-state index contributed by atoms with van der Waals surface area (Å²) < 4.78 is 2.49. The standard InChI is InChI=1S/C25H39N3/c1-3-5-17-23(26-19-21-13-9-7-10-14-21)24-20-27-25(28(24)18-6-4-2)22-15-11-8-12-16-22/h8,11-12,15-16,20-21,23,26H,3-7,9-10,13-14,17-19H2,1-2H3. The molecular formula is C25H39N3. The Morgan fingerprint density at radius 1 is 1.04 bits per heavy atom. The molecule has 1 N–H and O–H groups in total. The topological polar surface area (TPSA) is 29.9 Å². The van der Waals surface area contributed by atoms with Gasteiger partial charge in [0.05, 0.1) is 11.9 Å². The maximum Gasteiger partial charge on any atom is 0.140 e. The van der Waals surface area contributed by atoms with E-state index in [-0.39, 0.29) is 0 Å². The number of hydrogen-bond acceptors (Lipinski definition) is 2. The van der Waals surface area contributed by atoms with Gasteiger partial charge in [-0.15, -0.1) is 0 Å². The van der Waals surface area contributed by atoms with E-state index >= 15 is 0 Å². The van der Waals surface area contributed by atoms with E-state index in [1.165, 1.54) is 75.5 Å². The normalized spacial score (nSPS) is 16.4. The van der Waals surface area contributed by atoms with E-state index in [1.807, 2.05) is 0 Å². The summed E-state index contributed by atoms with van der Waals surface area (Å²) in [7, 11) is 0. The zero-order valence-corrected chi connectivity index (χ0v) is 18.0. The highest BCUT2D eigenvalue weighted by Crippen LogP contribution is 2.28. The minimum absolute atomic E-state index is 0.420. The van der Waals surface area contributed by atoms with Crippen LogP contribution in [0.2, 0.25) is 0 Å². The van der Waals surface area contributed by atoms with Crippen molar-refractivity contribution < 1.29 is 0 Å². The molecular weight excluding hydrogens is 342 g/mol. The van der Waals surface area contributed by atoms with Crippen LogP contribution in [0, 0.1) is 5.92 Å². The lowest BCUT2D eigenvalue weighted by molar-refractivity contribution is 0.318. The fraction of sp³-hybridized carbons (Fsp3) is 0.640. The molecule has 0 bridgehead atoms. The number of unbranched alkanes of at least 4 members (excludes halogenated alkanes) is 2. The molecule has 1 aromatic heterocycles. The van der Waals surface area contributed by atoms with Crippen LogP contribution in [0.25, 0.3) is 11.4 Å². The molecule has 0 amide bonds. The summed E-state index contributed by atoms with van der Waals surface area (Å²) in [5, 5.41) is 3.96. The van der Waals surface area contributed by atoms with Gasteiger partial charge >= 0.3 is 0 Å². The molecule has 0 radical (unpaired) electrons. The molecule has 1 fully saturated rings. The second-order valence-corrected chi connectivity index (χ2v) is 8.48. The van der Waals surface area contributed by atoms with Crippen molar-refractivity contribution >= 4 is 0 Å². The predicted molar refractivity (Wildman–Crippen MR) is 119 cm³/mol. The SMILES string of the molecule is CCCCC(NCC1CCCCC1)c1cnc(-c2ccccc2)n1CCCC. The number of rotatable bonds is 11. The molecule has 3 nitrogen and oxygen atoms in total. The maximum atomic E-state index is 4.89. The van der Waals surface area contributed by atoms with Crippen LogP contribution in [0.4, 0.5) is 0 Å². The second-order valence-electron chi connectivity index (χ2n) is 8.48. The third-order valence-electron chi connectivity index (χ3n) is 6.23. The first-order valence-corrected chi connectivity index (χ1v) is 11.7. The Morgan fingerprint density at radius 2 is 1.79 bits per heavy atom. The Labute approximate surface area is 172 Å². The summed E-state index contributed by atoms with van der Waals surface area (Å²) in [6, 6.07) is 11.1. The van der Waals surface area contributed by atoms with E-state index in [9.17, 15) is 0 Å². The third kappa shape index (κ3) is 5.70. The molecule has 0 aliphatic heterocycles. The lowest BCUT2D eigenvalue weighted by Crippen LogP contribution is -2.30. The van der Waals surface area contributed by atoms with Crippen molar-refractivity contribution in [3.63, 3.8) is 0 Å². The van der Waals surface area contributed by atoms with Crippen LogP contribution < -0.4 is 5.32 Å². The van der Waals surface area contributed by atoms with Gasteiger partial charge in [0, 0.05) is 18.2 Å². The van der Waals surface area contributed by atoms with Gasteiger partial charge in [0.15, 0.2) is 0 Å². The first kappa shape index (κ1) is 21.1. The fourth-order valence-electron chi connectivity index (χ4n) is 4.50. The monoisotopic (exact) mass is 381 g/mol. The fourth-order valence-corrected chi connectivity index (χ4v) is 4.50. The van der Waals surface area contributed by atoms with Gasteiger partial charge < -0.3 is 9.88 Å². The van der Waals surface area contributed by atoms with Crippen LogP contribution in [-0.4, -0.2) is 16.1 Å². The Kier molecular flexibility index (Phi) is 8.60. The highest BCUT2D eigenvalue weighted by Gasteiger charge is 2.21. The van der Waals surface area contributed by atoms with Gasteiger partial charge in [0.1, 0.15) is 5.82 Å². The maximum absolute atomic E-state index is 4.89. The van der Waals surface area contributed by atoms with E-state index < -0.39 is 0 Å². The molecule has 1 aliphatic carbocycles. The third-order valence-corrected chi connectivity index (χ3v) is 6.23. The molecule has 1 aromatic carbocycles. The van der Waals surface area contributed by atoms with Crippen LogP contribution in [0.15, 0.2) is 36.5 Å². The summed E-state index contributed by atoms with van der Waals surface area (Å²) >= 11 is 0. The molecule has 1 atom stereocenters. The van der Waals surface area contributed by atoms with Gasteiger partial charge in [-0.3, -0.25) is 0 Å². The van der Waals surface area contributed by atoms with Crippen molar-refractivity contribution in [3.8, 4) is 11.4 Å². The lowest BCUT2D eigenvalue weighted by atomic mass is 9.89. The second kappa shape index (κ2) is 11.4. The molecule has 3 rings (SSSR count). The van der Waals surface area contributed by atoms with Gasteiger partial charge in [-0.2, -0.15) is 0 Å². The average molecular weight is 382 g/mol. The van der Waals surface area contributed by atoms with Crippen molar-refractivity contribution in [2.45, 2.75) is 90.6 Å². The molecule has 0 saturated heterocycles. The van der Waals surface area contributed by atoms with Gasteiger partial charge in [0.2, 0.25) is 0 Å². The summed E-state index contributed by atoms with van der Waals surface area (Å²) in [5.41, 5.74) is 2.61. The van der Waals surface area contributed by atoms with Gasteiger partial charge in [-0.05, 0) is 38.1 Å². The number of aromatic nitrogens is 2. The molecule has 1 saturated carbocycles. The summed E-state index contributed by atoms with van der Waals surface area (Å²) in [6.45, 7) is 6.79. The van der Waals surface area contributed by atoms with Gasteiger partial charge in [-0.1, -0.05) is 82.7 Å². The highest BCUT2D eigenvalue weighted by atomic mass is 15.1. The quantitative estimate of drug-likeness (QED) is 0.466. The van der Waals surface area contributed by atoms with Crippen LogP contribution in [0.5, 0.6) is 0 Å². The highest BCUT2D eigenvalue weighted by molar-refractivity contribution is 5.56. The van der Waals surface area contributed by atoms with Crippen molar-refractivity contribution in [2.75, 3.05) is 6.54 Å². The number of hydrogen-bond donors (Lipinski definition) is 1. The van der Waals surface area contributed by atoms with E-state index in [4.69, 9.17) is 4.98 Å². The van der Waals surface area contributed by atoms with Crippen molar-refractivity contribution in [3.05, 3.63) is 42.2 Å². The van der Waals surface area contributed by atoms with Crippen LogP contribution in [0.1, 0.15) is 89.8 Å². The van der Waals surface area contributed by atoms with E-state index in [2.05, 4.69) is 60.3 Å². The minimum atomic E-state index is 0.420. The van der Waals surface area contributed by atoms with Crippen molar-refractivity contribution in [1.82, 2.24) is 14.9 Å². The van der Waals surface area contributed by atoms with E-state index in [0.717, 1.165) is 24.8 Å². The Hall–Kier alpha value is -1.61. The Bertz CT molecular complexity index is 670. The molecule has 154 valence electrons. The summed E-state index contributed by atoms with van der Waals surface area (Å²) in [4.78, 5) is 4.89. The predicted octanol–water partition coefficient (Wildman–Crippen LogP) is 6.75. The zero-order valence-electron chi connectivity index (χ0n) is 18.0. The van der Waals surface area contributed by atoms with E-state index in [0.29, 0.717) is 6.04 Å². The molecule has 28 heavy (non-hydrogen) atoms. The van der Waals surface area contributed by atoms with E-state index in [1.54, 1.807) is 0 Å². The summed E-state index contributed by atoms with van der Waals surface area (Å²) in [5.74, 6) is 1.99. The smallest absolute Gasteiger partial charge is 0.140 e. The lowest BCUT2D eigenvalue weighted by Gasteiger charge is -2.26. The number of imidazole rings is 1. The number of nitrogens with zero attached hydrogens (tertiary/aromatic N) is 2. The van der Waals surface area contributed by atoms with Crippen LogP contribution >= 0.6 is 0 Å². The Balaban J connectivity index is 1.81. The van der Waals surface area contributed by atoms with Crippen LogP contribution in [-0.2, 0) is 6.54 Å². The molecule has 1 aliphatic rings. The molecule has 1 heterocycles. The van der Waals surface area contributed by atoms with Crippen LogP contribution in [0.3, 0.4) is 0 Å². The number of benzene rings is 1. The van der Waals surface area contributed by atoms with Crippen molar-refractivity contribution in [1.29, 1.82) is 0 Å². The minimum Gasteiger partial charge on any atom is -0.327 e. The molecule has 2 aromatic rings. The zero-order chi connectivity index (χ0) is 19.6. The molecule has 1 unspecified atom stereocenters. The Morgan fingerprint density at radius 3 is 2.50 bits per heavy atom.